The average molecular weight is 248 g/mol. The van der Waals surface area contributed by atoms with Crippen LogP contribution in [0, 0.1) is 5.92 Å². The Morgan fingerprint density at radius 3 is 2.44 bits per heavy atom. The van der Waals surface area contributed by atoms with E-state index in [1.807, 2.05) is 11.0 Å². The Labute approximate surface area is 109 Å². The van der Waals surface area contributed by atoms with Crippen LogP contribution in [-0.2, 0) is 6.54 Å². The van der Waals surface area contributed by atoms with Gasteiger partial charge in [-0.3, -0.25) is 4.68 Å². The van der Waals surface area contributed by atoms with Gasteiger partial charge in [-0.15, -0.1) is 0 Å². The molecule has 100 valence electrons. The first kappa shape index (κ1) is 12.2. The van der Waals surface area contributed by atoms with Crippen molar-refractivity contribution in [3.05, 3.63) is 12.7 Å². The Morgan fingerprint density at radius 2 is 1.78 bits per heavy atom. The number of piperidine rings is 1. The third-order valence-corrected chi connectivity index (χ3v) is 4.65. The van der Waals surface area contributed by atoms with Crippen LogP contribution in [0.25, 0.3) is 0 Å². The molecule has 1 saturated heterocycles. The molecule has 1 saturated carbocycles. The molecular weight excluding hydrogens is 224 g/mol. The molecule has 1 aromatic rings. The Bertz CT molecular complexity index is 335. The summed E-state index contributed by atoms with van der Waals surface area (Å²) in [4.78, 5) is 6.76. The summed E-state index contributed by atoms with van der Waals surface area (Å²) in [7, 11) is 0. The van der Waals surface area contributed by atoms with Gasteiger partial charge >= 0.3 is 0 Å². The third-order valence-electron chi connectivity index (χ3n) is 4.65. The molecule has 0 unspecified atom stereocenters. The normalized spacial score (nSPS) is 24.4. The molecule has 2 aliphatic rings. The van der Waals surface area contributed by atoms with Crippen molar-refractivity contribution in [3.8, 4) is 0 Å². The van der Waals surface area contributed by atoms with Crippen LogP contribution in [0.3, 0.4) is 0 Å². The van der Waals surface area contributed by atoms with Crippen LogP contribution in [0.5, 0.6) is 0 Å². The molecule has 0 spiro atoms. The van der Waals surface area contributed by atoms with E-state index in [1.54, 1.807) is 6.33 Å². The van der Waals surface area contributed by atoms with Crippen LogP contribution in [-0.4, -0.2) is 38.8 Å². The summed E-state index contributed by atoms with van der Waals surface area (Å²) in [6.45, 7) is 3.65. The van der Waals surface area contributed by atoms with Gasteiger partial charge in [0, 0.05) is 12.6 Å². The van der Waals surface area contributed by atoms with Crippen LogP contribution >= 0.6 is 0 Å². The summed E-state index contributed by atoms with van der Waals surface area (Å²) in [5.41, 5.74) is 0. The largest absolute Gasteiger partial charge is 0.300 e. The van der Waals surface area contributed by atoms with E-state index < -0.39 is 0 Å². The van der Waals surface area contributed by atoms with E-state index in [0.29, 0.717) is 0 Å². The molecule has 18 heavy (non-hydrogen) atoms. The summed E-state index contributed by atoms with van der Waals surface area (Å²) < 4.78 is 1.99. The Kier molecular flexibility index (Phi) is 3.93. The van der Waals surface area contributed by atoms with Gasteiger partial charge in [0.25, 0.3) is 0 Å². The van der Waals surface area contributed by atoms with Crippen molar-refractivity contribution in [1.82, 2.24) is 19.7 Å². The number of aromatic nitrogens is 3. The quantitative estimate of drug-likeness (QED) is 0.823. The predicted octanol–water partition coefficient (Wildman–Crippen LogP) is 2.32. The Morgan fingerprint density at radius 1 is 1.00 bits per heavy atom. The highest BCUT2D eigenvalue weighted by Crippen LogP contribution is 2.27. The molecule has 1 aromatic heterocycles. The molecule has 4 nitrogen and oxygen atoms in total. The first-order valence-corrected chi connectivity index (χ1v) is 7.48. The van der Waals surface area contributed by atoms with Crippen molar-refractivity contribution in [2.75, 3.05) is 13.1 Å². The van der Waals surface area contributed by atoms with E-state index in [-0.39, 0.29) is 0 Å². The molecule has 0 atom stereocenters. The van der Waals surface area contributed by atoms with Crippen LogP contribution in [0.15, 0.2) is 12.7 Å². The summed E-state index contributed by atoms with van der Waals surface area (Å²) >= 11 is 0. The molecule has 0 bridgehead atoms. The lowest BCUT2D eigenvalue weighted by Gasteiger charge is -2.39. The van der Waals surface area contributed by atoms with Gasteiger partial charge in [-0.1, -0.05) is 19.3 Å². The molecule has 0 aromatic carbocycles. The maximum absolute atomic E-state index is 4.21. The second-order valence-electron chi connectivity index (χ2n) is 5.89. The molecule has 1 aliphatic carbocycles. The van der Waals surface area contributed by atoms with E-state index >= 15 is 0 Å². The minimum atomic E-state index is 0.798. The summed E-state index contributed by atoms with van der Waals surface area (Å²) in [6.07, 6.45) is 13.4. The maximum atomic E-state index is 4.21. The third kappa shape index (κ3) is 2.91. The molecule has 2 heterocycles. The van der Waals surface area contributed by atoms with Gasteiger partial charge in [0.15, 0.2) is 0 Å². The molecule has 4 heteroatoms. The van der Waals surface area contributed by atoms with Gasteiger partial charge in [0.05, 0.1) is 0 Å². The van der Waals surface area contributed by atoms with Crippen LogP contribution in [0.1, 0.15) is 44.9 Å². The first-order valence-electron chi connectivity index (χ1n) is 7.48. The standard InChI is InChI=1S/C14H24N4/c1-2-4-14(5-3-1)17-8-6-13(7-9-17)10-18-12-15-11-16-18/h11-14H,1-10H2. The molecule has 3 rings (SSSR count). The second kappa shape index (κ2) is 5.83. The average Bonchev–Trinajstić information content (AvgIpc) is 2.94. The van der Waals surface area contributed by atoms with Gasteiger partial charge in [0.2, 0.25) is 0 Å². The minimum Gasteiger partial charge on any atom is -0.300 e. The smallest absolute Gasteiger partial charge is 0.137 e. The summed E-state index contributed by atoms with van der Waals surface area (Å²) in [5.74, 6) is 0.798. The molecule has 2 fully saturated rings. The van der Waals surface area contributed by atoms with Crippen LogP contribution in [0.2, 0.25) is 0 Å². The van der Waals surface area contributed by atoms with Gasteiger partial charge in [0.1, 0.15) is 12.7 Å². The van der Waals surface area contributed by atoms with E-state index in [1.165, 1.54) is 58.0 Å². The number of hydrogen-bond acceptors (Lipinski definition) is 3. The fraction of sp³-hybridized carbons (Fsp3) is 0.857. The highest BCUT2D eigenvalue weighted by molar-refractivity contribution is 4.80. The SMILES string of the molecule is c1ncn(CC2CCN(C3CCCCC3)CC2)n1. The molecule has 1 aliphatic heterocycles. The van der Waals surface area contributed by atoms with E-state index in [9.17, 15) is 0 Å². The van der Waals surface area contributed by atoms with Crippen molar-refractivity contribution in [2.45, 2.75) is 57.5 Å². The highest BCUT2D eigenvalue weighted by Gasteiger charge is 2.26. The summed E-state index contributed by atoms with van der Waals surface area (Å²) in [6, 6.07) is 0.895. The predicted molar refractivity (Wildman–Crippen MR) is 71.2 cm³/mol. The van der Waals surface area contributed by atoms with Crippen molar-refractivity contribution in [3.63, 3.8) is 0 Å². The zero-order chi connectivity index (χ0) is 12.2. The number of rotatable bonds is 3. The highest BCUT2D eigenvalue weighted by atomic mass is 15.3. The van der Waals surface area contributed by atoms with E-state index in [4.69, 9.17) is 0 Å². The maximum Gasteiger partial charge on any atom is 0.137 e. The van der Waals surface area contributed by atoms with Gasteiger partial charge < -0.3 is 4.90 Å². The van der Waals surface area contributed by atoms with Crippen molar-refractivity contribution in [1.29, 1.82) is 0 Å². The molecule has 0 radical (unpaired) electrons. The summed E-state index contributed by atoms with van der Waals surface area (Å²) in [5, 5.41) is 4.21. The lowest BCUT2D eigenvalue weighted by Crippen LogP contribution is -2.42. The second-order valence-corrected chi connectivity index (χ2v) is 5.89. The van der Waals surface area contributed by atoms with Gasteiger partial charge in [-0.05, 0) is 44.7 Å². The van der Waals surface area contributed by atoms with Gasteiger partial charge in [-0.2, -0.15) is 5.10 Å². The first-order chi connectivity index (χ1) is 8.92. The Hall–Kier alpha value is -0.900. The lowest BCUT2D eigenvalue weighted by atomic mass is 9.90. The van der Waals surface area contributed by atoms with Crippen molar-refractivity contribution >= 4 is 0 Å². The van der Waals surface area contributed by atoms with E-state index in [0.717, 1.165) is 18.5 Å². The topological polar surface area (TPSA) is 34.0 Å². The molecule has 0 N–H and O–H groups in total. The van der Waals surface area contributed by atoms with Crippen LogP contribution in [0.4, 0.5) is 0 Å². The van der Waals surface area contributed by atoms with Crippen molar-refractivity contribution in [2.24, 2.45) is 5.92 Å². The zero-order valence-electron chi connectivity index (χ0n) is 11.2. The number of likely N-dealkylation sites (tertiary alicyclic amines) is 1. The Balaban J connectivity index is 1.45. The molecule has 0 amide bonds. The fourth-order valence-corrected chi connectivity index (χ4v) is 3.54. The van der Waals surface area contributed by atoms with Crippen LogP contribution < -0.4 is 0 Å². The van der Waals surface area contributed by atoms with Gasteiger partial charge in [-0.25, -0.2) is 4.98 Å². The number of nitrogens with zero attached hydrogens (tertiary/aromatic N) is 4. The fourth-order valence-electron chi connectivity index (χ4n) is 3.54. The monoisotopic (exact) mass is 248 g/mol. The minimum absolute atomic E-state index is 0.798. The number of hydrogen-bond donors (Lipinski definition) is 0. The van der Waals surface area contributed by atoms with E-state index in [2.05, 4.69) is 15.0 Å². The lowest BCUT2D eigenvalue weighted by molar-refractivity contribution is 0.101. The zero-order valence-corrected chi connectivity index (χ0v) is 11.2. The molecular formula is C14H24N4. The van der Waals surface area contributed by atoms with Crippen molar-refractivity contribution < 1.29 is 0 Å².